The molecule has 1 atom stereocenters. The van der Waals surface area contributed by atoms with Crippen LogP contribution in [-0.4, -0.2) is 29.1 Å². The molecule has 35 heavy (non-hydrogen) atoms. The molecule has 1 fully saturated rings. The molecule has 3 aromatic rings. The number of carbonyl (C=O) groups excluding carboxylic acids is 1. The van der Waals surface area contributed by atoms with Crippen molar-refractivity contribution in [3.05, 3.63) is 82.9 Å². The largest absolute Gasteiger partial charge is 0.416 e. The number of halogens is 3. The summed E-state index contributed by atoms with van der Waals surface area (Å²) in [5.74, 6) is -0.116. The van der Waals surface area contributed by atoms with Crippen LogP contribution in [0.5, 0.6) is 0 Å². The Balaban J connectivity index is 1.48. The molecule has 0 radical (unpaired) electrons. The number of hydrogen-bond acceptors (Lipinski definition) is 5. The maximum atomic E-state index is 13.2. The van der Waals surface area contributed by atoms with E-state index in [1.54, 1.807) is 30.5 Å². The van der Waals surface area contributed by atoms with Crippen molar-refractivity contribution in [2.24, 2.45) is 5.73 Å². The average molecular weight is 485 g/mol. The summed E-state index contributed by atoms with van der Waals surface area (Å²) in [5, 5.41) is 2.92. The Kier molecular flexibility index (Phi) is 7.47. The van der Waals surface area contributed by atoms with Crippen molar-refractivity contribution in [3.63, 3.8) is 0 Å². The summed E-state index contributed by atoms with van der Waals surface area (Å²) < 4.78 is 45.0. The van der Waals surface area contributed by atoms with E-state index < -0.39 is 11.7 Å². The molecule has 1 aromatic heterocycles. The van der Waals surface area contributed by atoms with Gasteiger partial charge in [-0.2, -0.15) is 13.2 Å². The Hall–Kier alpha value is -3.30. The summed E-state index contributed by atoms with van der Waals surface area (Å²) in [6.45, 7) is 3.29. The lowest BCUT2D eigenvalue weighted by molar-refractivity contribution is -0.137. The van der Waals surface area contributed by atoms with Gasteiger partial charge in [0.2, 0.25) is 0 Å². The number of hydrogen-bond donors (Lipinski definition) is 2. The number of carbonyl (C=O) groups is 1. The fraction of sp³-hybridized carbons (Fsp3) is 0.346. The van der Waals surface area contributed by atoms with Crippen molar-refractivity contribution >= 4 is 5.91 Å². The predicted octanol–water partition coefficient (Wildman–Crippen LogP) is 5.01. The quantitative estimate of drug-likeness (QED) is 0.514. The van der Waals surface area contributed by atoms with Crippen molar-refractivity contribution < 1.29 is 22.7 Å². The summed E-state index contributed by atoms with van der Waals surface area (Å²) in [5.41, 5.74) is 8.53. The molecule has 2 aromatic carbocycles. The van der Waals surface area contributed by atoms with Gasteiger partial charge in [0, 0.05) is 31.9 Å². The third-order valence-electron chi connectivity index (χ3n) is 6.25. The molecule has 3 N–H and O–H groups in total. The topological polar surface area (TPSA) is 90.1 Å². The maximum Gasteiger partial charge on any atom is 0.416 e. The van der Waals surface area contributed by atoms with Crippen LogP contribution < -0.4 is 11.1 Å². The first-order valence-corrected chi connectivity index (χ1v) is 11.5. The van der Waals surface area contributed by atoms with Crippen molar-refractivity contribution in [3.8, 4) is 11.1 Å². The van der Waals surface area contributed by atoms with Crippen LogP contribution >= 0.6 is 0 Å². The van der Waals surface area contributed by atoms with Crippen LogP contribution in [0.15, 0.2) is 54.9 Å². The van der Waals surface area contributed by atoms with Gasteiger partial charge in [-0.15, -0.1) is 0 Å². The predicted molar refractivity (Wildman–Crippen MR) is 125 cm³/mol. The first-order chi connectivity index (χ1) is 16.8. The third kappa shape index (κ3) is 5.86. The van der Waals surface area contributed by atoms with Gasteiger partial charge in [0.05, 0.1) is 23.5 Å². The van der Waals surface area contributed by atoms with Crippen molar-refractivity contribution in [1.82, 2.24) is 15.3 Å². The number of amides is 1. The molecule has 184 valence electrons. The highest BCUT2D eigenvalue weighted by atomic mass is 19.4. The summed E-state index contributed by atoms with van der Waals surface area (Å²) in [4.78, 5) is 21.5. The minimum Gasteiger partial charge on any atom is -0.381 e. The zero-order valence-electron chi connectivity index (χ0n) is 19.3. The molecule has 0 spiro atoms. The molecule has 6 nitrogen and oxygen atoms in total. The molecule has 9 heteroatoms. The molecular formula is C26H27F3N4O2. The Morgan fingerprint density at radius 3 is 2.51 bits per heavy atom. The fourth-order valence-corrected chi connectivity index (χ4v) is 4.19. The smallest absolute Gasteiger partial charge is 0.381 e. The number of alkyl halides is 3. The van der Waals surface area contributed by atoms with E-state index in [2.05, 4.69) is 15.3 Å². The molecule has 1 aliphatic heterocycles. The molecule has 1 aliphatic rings. The van der Waals surface area contributed by atoms with E-state index in [0.29, 0.717) is 29.9 Å². The van der Waals surface area contributed by atoms with Crippen LogP contribution in [0.1, 0.15) is 64.6 Å². The lowest BCUT2D eigenvalue weighted by atomic mass is 9.95. The van der Waals surface area contributed by atoms with Gasteiger partial charge in [-0.05, 0) is 54.2 Å². The van der Waals surface area contributed by atoms with E-state index in [9.17, 15) is 18.0 Å². The molecule has 0 bridgehead atoms. The van der Waals surface area contributed by atoms with Crippen LogP contribution in [0.25, 0.3) is 11.1 Å². The summed E-state index contributed by atoms with van der Waals surface area (Å²) in [6, 6.07) is 10.3. The maximum absolute atomic E-state index is 13.2. The molecule has 0 aliphatic carbocycles. The SMILES string of the molecule is C[C@@H](NC(=O)c1cncc(C2CCOCC2)n1)c1ccc(-c2cc(C(F)(F)F)ccc2CN)cc1. The highest BCUT2D eigenvalue weighted by Crippen LogP contribution is 2.34. The number of nitrogens with one attached hydrogen (secondary N) is 1. The molecular weight excluding hydrogens is 457 g/mol. The zero-order valence-corrected chi connectivity index (χ0v) is 19.3. The average Bonchev–Trinajstić information content (AvgIpc) is 2.88. The van der Waals surface area contributed by atoms with Gasteiger partial charge < -0.3 is 15.8 Å². The number of benzene rings is 2. The van der Waals surface area contributed by atoms with Gasteiger partial charge >= 0.3 is 6.18 Å². The van der Waals surface area contributed by atoms with E-state index in [1.807, 2.05) is 6.92 Å². The summed E-state index contributed by atoms with van der Waals surface area (Å²) >= 11 is 0. The number of aromatic nitrogens is 2. The van der Waals surface area contributed by atoms with Gasteiger partial charge in [-0.25, -0.2) is 4.98 Å². The van der Waals surface area contributed by atoms with Crippen LogP contribution in [0.3, 0.4) is 0 Å². The van der Waals surface area contributed by atoms with Gasteiger partial charge in [0.25, 0.3) is 5.91 Å². The fourth-order valence-electron chi connectivity index (χ4n) is 4.19. The Labute approximate surface area is 201 Å². The zero-order chi connectivity index (χ0) is 25.0. The third-order valence-corrected chi connectivity index (χ3v) is 6.25. The Bertz CT molecular complexity index is 1180. The van der Waals surface area contributed by atoms with Gasteiger partial charge in [0.15, 0.2) is 0 Å². The van der Waals surface area contributed by atoms with E-state index in [0.717, 1.165) is 36.2 Å². The van der Waals surface area contributed by atoms with Crippen LogP contribution in [0.2, 0.25) is 0 Å². The molecule has 1 amide bonds. The molecule has 0 saturated carbocycles. The number of ether oxygens (including phenoxy) is 1. The number of nitrogens with two attached hydrogens (primary N) is 1. The molecule has 1 saturated heterocycles. The summed E-state index contributed by atoms with van der Waals surface area (Å²) in [7, 11) is 0. The van der Waals surface area contributed by atoms with E-state index in [1.165, 1.54) is 12.3 Å². The summed E-state index contributed by atoms with van der Waals surface area (Å²) in [6.07, 6.45) is 0.389. The minimum atomic E-state index is -4.44. The molecule has 4 rings (SSSR count). The Morgan fingerprint density at radius 1 is 1.14 bits per heavy atom. The second-order valence-corrected chi connectivity index (χ2v) is 8.61. The number of nitrogens with zero attached hydrogens (tertiary/aromatic N) is 2. The highest BCUT2D eigenvalue weighted by molar-refractivity contribution is 5.92. The second-order valence-electron chi connectivity index (χ2n) is 8.61. The van der Waals surface area contributed by atoms with Gasteiger partial charge in [-0.1, -0.05) is 30.3 Å². The highest BCUT2D eigenvalue weighted by Gasteiger charge is 2.31. The number of rotatable bonds is 6. The minimum absolute atomic E-state index is 0.121. The normalized spacial score (nSPS) is 15.6. The van der Waals surface area contributed by atoms with Gasteiger partial charge in [0.1, 0.15) is 5.69 Å². The second kappa shape index (κ2) is 10.5. The van der Waals surface area contributed by atoms with Crippen LogP contribution in [0.4, 0.5) is 13.2 Å². The van der Waals surface area contributed by atoms with E-state index in [-0.39, 0.29) is 30.1 Å². The standard InChI is InChI=1S/C26H27F3N4O2/c1-16(32-25(34)24-15-31-14-23(33-24)19-8-10-35-11-9-19)17-2-4-18(5-3-17)22-12-21(26(27,28)29)7-6-20(22)13-30/h2-7,12,14-16,19H,8-11,13,30H2,1H3,(H,32,34)/t16-/m1/s1. The van der Waals surface area contributed by atoms with Gasteiger partial charge in [-0.3, -0.25) is 9.78 Å². The Morgan fingerprint density at radius 2 is 1.86 bits per heavy atom. The van der Waals surface area contributed by atoms with E-state index in [4.69, 9.17) is 10.5 Å². The monoisotopic (exact) mass is 484 g/mol. The molecule has 2 heterocycles. The molecule has 0 unspecified atom stereocenters. The van der Waals surface area contributed by atoms with Crippen molar-refractivity contribution in [2.75, 3.05) is 13.2 Å². The lowest BCUT2D eigenvalue weighted by Crippen LogP contribution is -2.28. The first kappa shape index (κ1) is 24.8. The van der Waals surface area contributed by atoms with Crippen molar-refractivity contribution in [2.45, 2.75) is 44.4 Å². The van der Waals surface area contributed by atoms with Crippen molar-refractivity contribution in [1.29, 1.82) is 0 Å². The van der Waals surface area contributed by atoms with E-state index >= 15 is 0 Å². The van der Waals surface area contributed by atoms with Crippen LogP contribution in [0, 0.1) is 0 Å². The van der Waals surface area contributed by atoms with Crippen LogP contribution in [-0.2, 0) is 17.5 Å². The first-order valence-electron chi connectivity index (χ1n) is 11.5. The lowest BCUT2D eigenvalue weighted by Gasteiger charge is -2.21.